The number of esters is 1. The molecular formula is C16H16N6O2. The van der Waals surface area contributed by atoms with E-state index in [1.807, 2.05) is 37.3 Å². The van der Waals surface area contributed by atoms with Gasteiger partial charge in [-0.3, -0.25) is 5.43 Å². The van der Waals surface area contributed by atoms with Crippen LogP contribution in [0, 0.1) is 0 Å². The molecule has 2 aromatic heterocycles. The number of carbonyl (C=O) groups is 1. The Bertz CT molecular complexity index is 888. The van der Waals surface area contributed by atoms with Crippen LogP contribution in [0.2, 0.25) is 0 Å². The Balaban J connectivity index is 1.90. The highest BCUT2D eigenvalue weighted by Gasteiger charge is 2.17. The van der Waals surface area contributed by atoms with Crippen molar-refractivity contribution in [2.75, 3.05) is 12.0 Å². The molecule has 0 aliphatic carbocycles. The van der Waals surface area contributed by atoms with E-state index >= 15 is 0 Å². The van der Waals surface area contributed by atoms with Crippen molar-refractivity contribution >= 4 is 28.5 Å². The van der Waals surface area contributed by atoms with Crippen LogP contribution in [0.4, 0.5) is 5.82 Å². The maximum atomic E-state index is 11.9. The molecular weight excluding hydrogens is 308 g/mol. The van der Waals surface area contributed by atoms with Gasteiger partial charge in [0.05, 0.1) is 12.3 Å². The van der Waals surface area contributed by atoms with Crippen molar-refractivity contribution in [3.8, 4) is 0 Å². The molecule has 3 aromatic rings. The van der Waals surface area contributed by atoms with Gasteiger partial charge in [0.15, 0.2) is 11.3 Å². The summed E-state index contributed by atoms with van der Waals surface area (Å²) in [5, 5.41) is 14.8. The zero-order chi connectivity index (χ0) is 16.9. The smallest absolute Gasteiger partial charge is 0.342 e. The highest BCUT2D eigenvalue weighted by molar-refractivity contribution is 6.04. The Morgan fingerprint density at radius 3 is 2.75 bits per heavy atom. The number of ether oxygens (including phenoxy) is 1. The van der Waals surface area contributed by atoms with Crippen LogP contribution in [0.1, 0.15) is 29.8 Å². The monoisotopic (exact) mass is 324 g/mol. The van der Waals surface area contributed by atoms with Crippen LogP contribution >= 0.6 is 0 Å². The fourth-order valence-electron chi connectivity index (χ4n) is 2.16. The maximum Gasteiger partial charge on any atom is 0.342 e. The van der Waals surface area contributed by atoms with Crippen molar-refractivity contribution in [1.29, 1.82) is 0 Å². The summed E-state index contributed by atoms with van der Waals surface area (Å²) in [4.78, 5) is 16.1. The number of H-pyrrole nitrogens is 1. The predicted octanol–water partition coefficient (Wildman–Crippen LogP) is 2.37. The lowest BCUT2D eigenvalue weighted by atomic mass is 10.1. The summed E-state index contributed by atoms with van der Waals surface area (Å²) in [6.45, 7) is 3.90. The maximum absolute atomic E-state index is 11.9. The standard InChI is InChI=1S/C16H16N6O2/c1-3-24-16(23)12-9-17-15(14-13(12)19-22-20-14)21-18-10(2)11-7-5-4-6-8-11/h4-9H,3H2,1-2H3,(H,17,21)(H,19,20,22)/b18-10-. The number of aromatic amines is 1. The molecule has 0 atom stereocenters. The molecule has 0 aliphatic heterocycles. The molecule has 3 rings (SSSR count). The van der Waals surface area contributed by atoms with E-state index in [1.54, 1.807) is 6.92 Å². The van der Waals surface area contributed by atoms with Crippen molar-refractivity contribution in [2.45, 2.75) is 13.8 Å². The Labute approximate surface area is 137 Å². The fourth-order valence-corrected chi connectivity index (χ4v) is 2.16. The Morgan fingerprint density at radius 2 is 2.00 bits per heavy atom. The topological polar surface area (TPSA) is 105 Å². The summed E-state index contributed by atoms with van der Waals surface area (Å²) in [5.74, 6) is -0.0819. The van der Waals surface area contributed by atoms with Crippen LogP contribution in [0.15, 0.2) is 41.6 Å². The average molecular weight is 324 g/mol. The van der Waals surface area contributed by atoms with E-state index in [1.165, 1.54) is 6.20 Å². The van der Waals surface area contributed by atoms with Gasteiger partial charge in [0, 0.05) is 6.20 Å². The van der Waals surface area contributed by atoms with Gasteiger partial charge in [-0.15, -0.1) is 0 Å². The Morgan fingerprint density at radius 1 is 1.25 bits per heavy atom. The molecule has 0 fully saturated rings. The predicted molar refractivity (Wildman–Crippen MR) is 89.9 cm³/mol. The van der Waals surface area contributed by atoms with Gasteiger partial charge < -0.3 is 4.74 Å². The number of rotatable bonds is 5. The average Bonchev–Trinajstić information content (AvgIpc) is 3.10. The molecule has 24 heavy (non-hydrogen) atoms. The summed E-state index contributed by atoms with van der Waals surface area (Å²) in [6, 6.07) is 9.75. The van der Waals surface area contributed by atoms with E-state index in [2.05, 4.69) is 30.9 Å². The SMILES string of the molecule is CCOC(=O)c1cnc(N/N=C(/C)c2ccccc2)c2n[nH]nc12. The lowest BCUT2D eigenvalue weighted by Crippen LogP contribution is -2.07. The molecule has 8 heteroatoms. The van der Waals surface area contributed by atoms with Crippen molar-refractivity contribution in [3.05, 3.63) is 47.7 Å². The third-order valence-corrected chi connectivity index (χ3v) is 3.37. The summed E-state index contributed by atoms with van der Waals surface area (Å²) in [6.07, 6.45) is 1.40. The first-order valence-corrected chi connectivity index (χ1v) is 7.43. The lowest BCUT2D eigenvalue weighted by Gasteiger charge is -2.05. The normalized spacial score (nSPS) is 11.5. The third-order valence-electron chi connectivity index (χ3n) is 3.37. The molecule has 122 valence electrons. The number of nitrogens with one attached hydrogen (secondary N) is 2. The van der Waals surface area contributed by atoms with E-state index in [0.717, 1.165) is 11.3 Å². The Kier molecular flexibility index (Phi) is 4.46. The van der Waals surface area contributed by atoms with Crippen molar-refractivity contribution in [1.82, 2.24) is 20.4 Å². The molecule has 0 aliphatic rings. The molecule has 0 bridgehead atoms. The lowest BCUT2D eigenvalue weighted by molar-refractivity contribution is 0.0528. The van der Waals surface area contributed by atoms with Crippen LogP contribution < -0.4 is 5.43 Å². The zero-order valence-corrected chi connectivity index (χ0v) is 13.3. The second-order valence-electron chi connectivity index (χ2n) is 4.94. The second kappa shape index (κ2) is 6.86. The van der Waals surface area contributed by atoms with Crippen LogP contribution in [0.3, 0.4) is 0 Å². The fraction of sp³-hybridized carbons (Fsp3) is 0.188. The largest absolute Gasteiger partial charge is 0.462 e. The van der Waals surface area contributed by atoms with Crippen LogP contribution in [0.25, 0.3) is 11.0 Å². The zero-order valence-electron chi connectivity index (χ0n) is 13.3. The number of fused-ring (bicyclic) bond motifs is 1. The molecule has 0 amide bonds. The van der Waals surface area contributed by atoms with Crippen LogP contribution in [0.5, 0.6) is 0 Å². The first-order chi connectivity index (χ1) is 11.7. The number of pyridine rings is 1. The first kappa shape index (κ1) is 15.6. The van der Waals surface area contributed by atoms with Crippen molar-refractivity contribution in [2.24, 2.45) is 5.10 Å². The first-order valence-electron chi connectivity index (χ1n) is 7.43. The molecule has 0 saturated carbocycles. The number of benzene rings is 1. The van der Waals surface area contributed by atoms with Gasteiger partial charge in [-0.25, -0.2) is 9.78 Å². The molecule has 0 spiro atoms. The van der Waals surface area contributed by atoms with E-state index in [-0.39, 0.29) is 12.2 Å². The molecule has 2 N–H and O–H groups in total. The molecule has 2 heterocycles. The van der Waals surface area contributed by atoms with E-state index in [0.29, 0.717) is 16.9 Å². The van der Waals surface area contributed by atoms with Crippen LogP contribution in [-0.4, -0.2) is 38.7 Å². The number of carbonyl (C=O) groups excluding carboxylic acids is 1. The molecule has 1 aromatic carbocycles. The van der Waals surface area contributed by atoms with Gasteiger partial charge in [-0.05, 0) is 19.4 Å². The molecule has 0 radical (unpaired) electrons. The van der Waals surface area contributed by atoms with Gasteiger partial charge in [0.2, 0.25) is 0 Å². The van der Waals surface area contributed by atoms with E-state index in [4.69, 9.17) is 4.74 Å². The molecule has 0 saturated heterocycles. The van der Waals surface area contributed by atoms with Gasteiger partial charge in [-0.2, -0.15) is 20.5 Å². The van der Waals surface area contributed by atoms with Gasteiger partial charge in [-0.1, -0.05) is 30.3 Å². The van der Waals surface area contributed by atoms with Crippen molar-refractivity contribution < 1.29 is 9.53 Å². The number of nitrogens with zero attached hydrogens (tertiary/aromatic N) is 4. The minimum absolute atomic E-state index is 0.259. The highest BCUT2D eigenvalue weighted by atomic mass is 16.5. The number of anilines is 1. The summed E-state index contributed by atoms with van der Waals surface area (Å²) in [7, 11) is 0. The van der Waals surface area contributed by atoms with E-state index in [9.17, 15) is 4.79 Å². The number of hydrogen-bond donors (Lipinski definition) is 2. The summed E-state index contributed by atoms with van der Waals surface area (Å²) < 4.78 is 4.99. The summed E-state index contributed by atoms with van der Waals surface area (Å²) in [5.41, 5.74) is 5.73. The molecule has 0 unspecified atom stereocenters. The molecule has 8 nitrogen and oxygen atoms in total. The van der Waals surface area contributed by atoms with Gasteiger partial charge >= 0.3 is 5.97 Å². The van der Waals surface area contributed by atoms with Crippen molar-refractivity contribution in [3.63, 3.8) is 0 Å². The number of hydrogen-bond acceptors (Lipinski definition) is 7. The Hall–Kier alpha value is -3.29. The number of aromatic nitrogens is 4. The number of hydrazone groups is 1. The second-order valence-corrected chi connectivity index (χ2v) is 4.94. The van der Waals surface area contributed by atoms with E-state index < -0.39 is 5.97 Å². The highest BCUT2D eigenvalue weighted by Crippen LogP contribution is 2.21. The van der Waals surface area contributed by atoms with Gasteiger partial charge in [0.25, 0.3) is 0 Å². The summed E-state index contributed by atoms with van der Waals surface area (Å²) >= 11 is 0. The van der Waals surface area contributed by atoms with Crippen LogP contribution in [-0.2, 0) is 4.74 Å². The third kappa shape index (κ3) is 3.07. The van der Waals surface area contributed by atoms with Gasteiger partial charge in [0.1, 0.15) is 11.1 Å². The minimum Gasteiger partial charge on any atom is -0.462 e. The quantitative estimate of drug-likeness (QED) is 0.424. The minimum atomic E-state index is -0.487.